The van der Waals surface area contributed by atoms with Crippen LogP contribution in [-0.4, -0.2) is 28.3 Å². The second kappa shape index (κ2) is 11.9. The molecule has 6 nitrogen and oxygen atoms in total. The maximum atomic E-state index is 11.9. The predicted molar refractivity (Wildman–Crippen MR) is 135 cm³/mol. The van der Waals surface area contributed by atoms with Crippen LogP contribution >= 0.6 is 0 Å². The fraction of sp³-hybridized carbons (Fsp3) is 0.200. The molecule has 0 spiro atoms. The normalized spacial score (nSPS) is 16.9. The molecule has 0 amide bonds. The van der Waals surface area contributed by atoms with Crippen molar-refractivity contribution < 1.29 is 53.7 Å². The van der Waals surface area contributed by atoms with E-state index in [2.05, 4.69) is 0 Å². The van der Waals surface area contributed by atoms with Crippen molar-refractivity contribution in [3.8, 4) is 28.3 Å². The summed E-state index contributed by atoms with van der Waals surface area (Å²) in [4.78, 5) is 15.7. The van der Waals surface area contributed by atoms with Crippen LogP contribution in [0.1, 0.15) is 30.7 Å². The summed E-state index contributed by atoms with van der Waals surface area (Å²) in [5.41, 5.74) is 2.85. The molecule has 0 radical (unpaired) electrons. The van der Waals surface area contributed by atoms with E-state index in [1.807, 2.05) is 72.8 Å². The van der Waals surface area contributed by atoms with Gasteiger partial charge in [0.2, 0.25) is 5.89 Å². The van der Waals surface area contributed by atoms with E-state index < -0.39 is 18.2 Å². The van der Waals surface area contributed by atoms with Crippen LogP contribution in [0, 0.1) is 0 Å². The summed E-state index contributed by atoms with van der Waals surface area (Å²) >= 11 is 0. The molecular weight excluding hydrogens is 477 g/mol. The Labute approximate surface area is 237 Å². The summed E-state index contributed by atoms with van der Waals surface area (Å²) in [5, 5.41) is 22.6. The molecule has 0 saturated carbocycles. The number of rotatable bonds is 8. The van der Waals surface area contributed by atoms with E-state index in [1.165, 1.54) is 0 Å². The summed E-state index contributed by atoms with van der Waals surface area (Å²) in [6.45, 7) is -0.528. The standard InChI is InChI=1S/C30H27NO5.Na/c32-26(33)20-35-24-15-9-10-21(18-24)19-30(34)17-8-7-16-25(30)29-31-27(22-11-3-1-4-12-22)28(36-29)23-13-5-2-6-14-23;/h1-6,9-16,18,34H,7-8,17,19-20H2,(H,32,33);/q;+1/p-1/t30-;/m1./s1. The van der Waals surface area contributed by atoms with Gasteiger partial charge in [-0.3, -0.25) is 0 Å². The zero-order valence-electron chi connectivity index (χ0n) is 20.7. The van der Waals surface area contributed by atoms with Gasteiger partial charge >= 0.3 is 29.6 Å². The molecule has 0 bridgehead atoms. The molecule has 5 rings (SSSR count). The number of nitrogens with zero attached hydrogens (tertiary/aromatic N) is 1. The van der Waals surface area contributed by atoms with Crippen molar-refractivity contribution in [2.75, 3.05) is 6.61 Å². The molecule has 0 aliphatic heterocycles. The van der Waals surface area contributed by atoms with Crippen molar-refractivity contribution in [3.63, 3.8) is 0 Å². The fourth-order valence-electron chi connectivity index (χ4n) is 4.67. The molecule has 1 aliphatic carbocycles. The minimum Gasteiger partial charge on any atom is -0.546 e. The molecule has 1 aromatic heterocycles. The summed E-state index contributed by atoms with van der Waals surface area (Å²) in [7, 11) is 0. The van der Waals surface area contributed by atoms with E-state index in [9.17, 15) is 15.0 Å². The Kier molecular flexibility index (Phi) is 8.67. The van der Waals surface area contributed by atoms with Gasteiger partial charge in [-0.05, 0) is 37.0 Å². The molecule has 1 heterocycles. The topological polar surface area (TPSA) is 95.6 Å². The zero-order valence-corrected chi connectivity index (χ0v) is 22.7. The van der Waals surface area contributed by atoms with Gasteiger partial charge in [0.1, 0.15) is 18.1 Å². The third-order valence-electron chi connectivity index (χ3n) is 6.34. The summed E-state index contributed by atoms with van der Waals surface area (Å²) in [6.07, 6.45) is 4.52. The van der Waals surface area contributed by atoms with Crippen LogP contribution < -0.4 is 39.4 Å². The third-order valence-corrected chi connectivity index (χ3v) is 6.34. The number of carbonyl (C=O) groups is 1. The van der Waals surface area contributed by atoms with E-state index in [0.717, 1.165) is 35.2 Å². The van der Waals surface area contributed by atoms with E-state index in [1.54, 1.807) is 18.2 Å². The minimum absolute atomic E-state index is 0. The smallest absolute Gasteiger partial charge is 0.546 e. The molecule has 4 aromatic rings. The van der Waals surface area contributed by atoms with Crippen molar-refractivity contribution in [1.29, 1.82) is 0 Å². The van der Waals surface area contributed by atoms with Gasteiger partial charge in [-0.2, -0.15) is 0 Å². The number of hydrogen-bond acceptors (Lipinski definition) is 6. The maximum absolute atomic E-state index is 11.9. The average Bonchev–Trinajstić information content (AvgIpc) is 3.34. The first kappa shape index (κ1) is 26.9. The quantitative estimate of drug-likeness (QED) is 0.368. The summed E-state index contributed by atoms with van der Waals surface area (Å²) in [6, 6.07) is 26.8. The largest absolute Gasteiger partial charge is 1.00 e. The first-order valence-corrected chi connectivity index (χ1v) is 12.0. The van der Waals surface area contributed by atoms with Gasteiger partial charge in [-0.15, -0.1) is 0 Å². The van der Waals surface area contributed by atoms with Crippen molar-refractivity contribution >= 4 is 11.5 Å². The number of carboxylic acids is 1. The van der Waals surface area contributed by atoms with E-state index in [4.69, 9.17) is 14.1 Å². The second-order valence-electron chi connectivity index (χ2n) is 8.96. The Morgan fingerprint density at radius 2 is 1.70 bits per heavy atom. The van der Waals surface area contributed by atoms with Crippen LogP contribution in [0.25, 0.3) is 28.2 Å². The first-order chi connectivity index (χ1) is 17.5. The second-order valence-corrected chi connectivity index (χ2v) is 8.96. The van der Waals surface area contributed by atoms with Crippen molar-refractivity contribution in [1.82, 2.24) is 4.98 Å². The molecule has 3 aromatic carbocycles. The monoisotopic (exact) mass is 503 g/mol. The Bertz CT molecular complexity index is 1330. The molecule has 0 unspecified atom stereocenters. The van der Waals surface area contributed by atoms with E-state index in [0.29, 0.717) is 35.8 Å². The Morgan fingerprint density at radius 1 is 1.00 bits per heavy atom. The molecule has 37 heavy (non-hydrogen) atoms. The van der Waals surface area contributed by atoms with Crippen molar-refractivity contribution in [2.45, 2.75) is 31.3 Å². The summed E-state index contributed by atoms with van der Waals surface area (Å²) < 4.78 is 11.6. The van der Waals surface area contributed by atoms with Crippen LogP contribution in [-0.2, 0) is 11.2 Å². The third kappa shape index (κ3) is 6.22. The fourth-order valence-corrected chi connectivity index (χ4v) is 4.67. The molecule has 1 N–H and O–H groups in total. The molecule has 1 aliphatic rings. The van der Waals surface area contributed by atoms with Gasteiger partial charge in [-0.25, -0.2) is 4.98 Å². The number of aliphatic carboxylic acids is 1. The van der Waals surface area contributed by atoms with Gasteiger partial charge in [0.25, 0.3) is 0 Å². The van der Waals surface area contributed by atoms with Crippen molar-refractivity contribution in [3.05, 3.63) is 102 Å². The Morgan fingerprint density at radius 3 is 2.41 bits per heavy atom. The van der Waals surface area contributed by atoms with Crippen LogP contribution in [0.15, 0.2) is 95.4 Å². The molecule has 0 fully saturated rings. The van der Waals surface area contributed by atoms with Gasteiger partial charge in [0.15, 0.2) is 5.76 Å². The number of hydrogen-bond donors (Lipinski definition) is 1. The van der Waals surface area contributed by atoms with Crippen molar-refractivity contribution in [2.24, 2.45) is 0 Å². The van der Waals surface area contributed by atoms with Gasteiger partial charge in [0, 0.05) is 23.1 Å². The Balaban J connectivity index is 0.00000320. The Hall–Kier alpha value is -3.16. The van der Waals surface area contributed by atoms with E-state index >= 15 is 0 Å². The maximum Gasteiger partial charge on any atom is 1.00 e. The molecule has 0 saturated heterocycles. The molecule has 182 valence electrons. The molecule has 7 heteroatoms. The number of carboxylic acid groups (broad SMARTS) is 1. The number of benzene rings is 3. The molecule has 1 atom stereocenters. The SMILES string of the molecule is O=C([O-])COc1cccc(C[C@]2(O)CCCC=C2c2nc(-c3ccccc3)c(-c3ccccc3)o2)c1.[Na+]. The van der Waals surface area contributed by atoms with Gasteiger partial charge in [0.05, 0.1) is 11.6 Å². The number of carbonyl (C=O) groups excluding carboxylic acids is 1. The number of ether oxygens (including phenoxy) is 1. The number of aromatic nitrogens is 1. The van der Waals surface area contributed by atoms with Crippen LogP contribution in [0.3, 0.4) is 0 Å². The van der Waals surface area contributed by atoms with Crippen LogP contribution in [0.5, 0.6) is 5.75 Å². The minimum atomic E-state index is -1.29. The van der Waals surface area contributed by atoms with Gasteiger partial charge in [-0.1, -0.05) is 78.9 Å². The number of allylic oxidation sites excluding steroid dienone is 1. The van der Waals surface area contributed by atoms with Crippen LogP contribution in [0.2, 0.25) is 0 Å². The molecular formula is C30H26NNaO5. The number of aliphatic hydroxyl groups is 1. The predicted octanol–water partition coefficient (Wildman–Crippen LogP) is 1.68. The summed E-state index contributed by atoms with van der Waals surface area (Å²) in [5.74, 6) is 0.182. The van der Waals surface area contributed by atoms with Gasteiger partial charge < -0.3 is 24.2 Å². The van der Waals surface area contributed by atoms with E-state index in [-0.39, 0.29) is 29.6 Å². The first-order valence-electron chi connectivity index (χ1n) is 12.0. The average molecular weight is 504 g/mol. The van der Waals surface area contributed by atoms with Crippen LogP contribution in [0.4, 0.5) is 0 Å². The number of oxazole rings is 1. The zero-order chi connectivity index (χ0) is 25.0.